The number of hydrogen-bond acceptors (Lipinski definition) is 3. The van der Waals surface area contributed by atoms with E-state index in [-0.39, 0.29) is 5.75 Å². The van der Waals surface area contributed by atoms with Crippen molar-refractivity contribution in [3.05, 3.63) is 59.4 Å². The number of nitrogens with zero attached hydrogens (tertiary/aromatic N) is 1. The molecule has 0 fully saturated rings. The maximum atomic E-state index is 13.5. The van der Waals surface area contributed by atoms with Gasteiger partial charge in [0.2, 0.25) is 0 Å². The molecule has 0 atom stereocenters. The third kappa shape index (κ3) is 3.23. The van der Waals surface area contributed by atoms with Crippen molar-refractivity contribution >= 4 is 5.69 Å². The number of hydrogen-bond donors (Lipinski definition) is 1. The lowest BCUT2D eigenvalue weighted by molar-refractivity contribution is 0.386. The highest BCUT2D eigenvalue weighted by Crippen LogP contribution is 2.21. The highest BCUT2D eigenvalue weighted by Gasteiger charge is 2.03. The van der Waals surface area contributed by atoms with Gasteiger partial charge in [-0.2, -0.15) is 5.26 Å². The Morgan fingerprint density at radius 2 is 2.11 bits per heavy atom. The minimum Gasteiger partial charge on any atom is -0.494 e. The number of anilines is 1. The van der Waals surface area contributed by atoms with Gasteiger partial charge in [0.15, 0.2) is 11.6 Å². The maximum Gasteiger partial charge on any atom is 0.167 e. The zero-order valence-corrected chi connectivity index (χ0v) is 10.5. The zero-order chi connectivity index (χ0) is 13.7. The summed E-state index contributed by atoms with van der Waals surface area (Å²) in [4.78, 5) is 0. The molecule has 0 aromatic heterocycles. The summed E-state index contributed by atoms with van der Waals surface area (Å²) in [6, 6.07) is 14.1. The number of methoxy groups -OCH3 is 1. The molecule has 0 amide bonds. The molecule has 0 spiro atoms. The van der Waals surface area contributed by atoms with Crippen LogP contribution in [0.3, 0.4) is 0 Å². The van der Waals surface area contributed by atoms with Crippen LogP contribution < -0.4 is 10.1 Å². The van der Waals surface area contributed by atoms with Crippen molar-refractivity contribution in [1.29, 1.82) is 5.26 Å². The van der Waals surface area contributed by atoms with Gasteiger partial charge in [-0.1, -0.05) is 12.1 Å². The second kappa shape index (κ2) is 5.87. The van der Waals surface area contributed by atoms with Crippen LogP contribution in [0.1, 0.15) is 11.1 Å². The Bertz CT molecular complexity index is 620. The fourth-order valence-corrected chi connectivity index (χ4v) is 1.73. The van der Waals surface area contributed by atoms with E-state index in [1.807, 2.05) is 12.1 Å². The normalized spacial score (nSPS) is 9.74. The molecule has 1 N–H and O–H groups in total. The molecule has 2 rings (SSSR count). The van der Waals surface area contributed by atoms with Gasteiger partial charge >= 0.3 is 0 Å². The lowest BCUT2D eigenvalue weighted by Gasteiger charge is -2.08. The molecule has 96 valence electrons. The smallest absolute Gasteiger partial charge is 0.167 e. The van der Waals surface area contributed by atoms with Crippen molar-refractivity contribution in [2.24, 2.45) is 0 Å². The minimum atomic E-state index is -0.404. The van der Waals surface area contributed by atoms with Gasteiger partial charge in [0.25, 0.3) is 0 Å². The van der Waals surface area contributed by atoms with Gasteiger partial charge in [-0.3, -0.25) is 0 Å². The average molecular weight is 256 g/mol. The van der Waals surface area contributed by atoms with Crippen molar-refractivity contribution in [1.82, 2.24) is 0 Å². The molecule has 0 saturated heterocycles. The Hall–Kier alpha value is -2.54. The maximum absolute atomic E-state index is 13.5. The molecule has 0 aliphatic heterocycles. The van der Waals surface area contributed by atoms with E-state index >= 15 is 0 Å². The quantitative estimate of drug-likeness (QED) is 0.912. The molecule has 0 unspecified atom stereocenters. The van der Waals surface area contributed by atoms with Crippen molar-refractivity contribution in [2.75, 3.05) is 12.4 Å². The van der Waals surface area contributed by atoms with Crippen LogP contribution in [0.4, 0.5) is 10.1 Å². The monoisotopic (exact) mass is 256 g/mol. The summed E-state index contributed by atoms with van der Waals surface area (Å²) >= 11 is 0. The molecule has 0 aliphatic rings. The first-order chi connectivity index (χ1) is 9.22. The van der Waals surface area contributed by atoms with E-state index in [1.165, 1.54) is 13.2 Å². The number of rotatable bonds is 4. The molecular weight excluding hydrogens is 243 g/mol. The molecule has 0 bridgehead atoms. The number of nitriles is 1. The predicted octanol–water partition coefficient (Wildman–Crippen LogP) is 3.32. The van der Waals surface area contributed by atoms with E-state index in [0.717, 1.165) is 5.56 Å². The summed E-state index contributed by atoms with van der Waals surface area (Å²) in [5, 5.41) is 11.9. The molecular formula is C15H13FN2O. The molecule has 2 aromatic carbocycles. The minimum absolute atomic E-state index is 0.219. The van der Waals surface area contributed by atoms with Crippen LogP contribution in [0.25, 0.3) is 0 Å². The molecule has 19 heavy (non-hydrogen) atoms. The predicted molar refractivity (Wildman–Crippen MR) is 71.4 cm³/mol. The summed E-state index contributed by atoms with van der Waals surface area (Å²) in [6.45, 7) is 0.529. The summed E-state index contributed by atoms with van der Waals surface area (Å²) < 4.78 is 18.3. The van der Waals surface area contributed by atoms with Crippen LogP contribution in [0, 0.1) is 17.1 Å². The highest BCUT2D eigenvalue weighted by atomic mass is 19.1. The topological polar surface area (TPSA) is 45.0 Å². The van der Waals surface area contributed by atoms with Crippen molar-refractivity contribution in [2.45, 2.75) is 6.54 Å². The van der Waals surface area contributed by atoms with Crippen molar-refractivity contribution in [3.63, 3.8) is 0 Å². The summed E-state index contributed by atoms with van der Waals surface area (Å²) in [7, 11) is 1.43. The Morgan fingerprint density at radius 3 is 2.79 bits per heavy atom. The first-order valence-corrected chi connectivity index (χ1v) is 5.79. The number of ether oxygens (including phenoxy) is 1. The Morgan fingerprint density at radius 1 is 1.26 bits per heavy atom. The Balaban J connectivity index is 2.06. The van der Waals surface area contributed by atoms with Crippen LogP contribution >= 0.6 is 0 Å². The van der Waals surface area contributed by atoms with Crippen LogP contribution in [-0.4, -0.2) is 7.11 Å². The van der Waals surface area contributed by atoms with E-state index in [9.17, 15) is 4.39 Å². The number of nitrogens with one attached hydrogen (secondary N) is 1. The van der Waals surface area contributed by atoms with Gasteiger partial charge in [0.05, 0.1) is 18.7 Å². The van der Waals surface area contributed by atoms with Gasteiger partial charge in [-0.05, 0) is 29.8 Å². The largest absolute Gasteiger partial charge is 0.494 e. The van der Waals surface area contributed by atoms with Gasteiger partial charge in [0, 0.05) is 18.3 Å². The lowest BCUT2D eigenvalue weighted by atomic mass is 10.1. The van der Waals surface area contributed by atoms with Crippen LogP contribution in [0.15, 0.2) is 42.5 Å². The first-order valence-electron chi connectivity index (χ1n) is 5.79. The molecule has 0 saturated carbocycles. The Kier molecular flexibility index (Phi) is 3.99. The number of benzene rings is 2. The van der Waals surface area contributed by atoms with E-state index in [2.05, 4.69) is 11.4 Å². The molecule has 2 aromatic rings. The van der Waals surface area contributed by atoms with Gasteiger partial charge in [0.1, 0.15) is 0 Å². The van der Waals surface area contributed by atoms with Gasteiger partial charge in [-0.25, -0.2) is 4.39 Å². The molecule has 0 aliphatic carbocycles. The molecule has 0 heterocycles. The average Bonchev–Trinajstić information content (AvgIpc) is 2.45. The first kappa shape index (κ1) is 12.9. The summed E-state index contributed by atoms with van der Waals surface area (Å²) in [5.41, 5.74) is 2.25. The second-order valence-electron chi connectivity index (χ2n) is 4.02. The van der Waals surface area contributed by atoms with E-state index in [1.54, 1.807) is 24.3 Å². The standard InChI is InChI=1S/C15H13FN2O/c1-19-15-6-5-13(8-14(15)16)18-10-12-4-2-3-11(7-12)9-17/h2-8,18H,10H2,1H3. The third-order valence-electron chi connectivity index (χ3n) is 2.70. The lowest BCUT2D eigenvalue weighted by Crippen LogP contribution is -2.00. The van der Waals surface area contributed by atoms with Crippen LogP contribution in [-0.2, 0) is 6.54 Å². The SMILES string of the molecule is COc1ccc(NCc2cccc(C#N)c2)cc1F. The summed E-state index contributed by atoms with van der Waals surface area (Å²) in [6.07, 6.45) is 0. The molecule has 0 radical (unpaired) electrons. The molecule has 4 heteroatoms. The summed E-state index contributed by atoms with van der Waals surface area (Å²) in [5.74, 6) is -0.185. The third-order valence-corrected chi connectivity index (χ3v) is 2.70. The van der Waals surface area contributed by atoms with Gasteiger partial charge in [-0.15, -0.1) is 0 Å². The van der Waals surface area contributed by atoms with Gasteiger partial charge < -0.3 is 10.1 Å². The second-order valence-corrected chi connectivity index (χ2v) is 4.02. The van der Waals surface area contributed by atoms with E-state index < -0.39 is 5.82 Å². The van der Waals surface area contributed by atoms with Crippen molar-refractivity contribution < 1.29 is 9.13 Å². The van der Waals surface area contributed by atoms with Crippen LogP contribution in [0.2, 0.25) is 0 Å². The number of halogens is 1. The highest BCUT2D eigenvalue weighted by molar-refractivity contribution is 5.48. The zero-order valence-electron chi connectivity index (χ0n) is 10.5. The van der Waals surface area contributed by atoms with E-state index in [0.29, 0.717) is 17.8 Å². The fraction of sp³-hybridized carbons (Fsp3) is 0.133. The van der Waals surface area contributed by atoms with Crippen LogP contribution in [0.5, 0.6) is 5.75 Å². The Labute approximate surface area is 111 Å². The van der Waals surface area contributed by atoms with E-state index in [4.69, 9.17) is 10.00 Å². The fourth-order valence-electron chi connectivity index (χ4n) is 1.73. The van der Waals surface area contributed by atoms with Crippen molar-refractivity contribution in [3.8, 4) is 11.8 Å². The molecule has 3 nitrogen and oxygen atoms in total.